The first kappa shape index (κ1) is 14.2. The van der Waals surface area contributed by atoms with Crippen molar-refractivity contribution >= 4 is 0 Å². The third kappa shape index (κ3) is 3.82. The minimum absolute atomic E-state index is 0.188. The maximum atomic E-state index is 6.19. The van der Waals surface area contributed by atoms with Gasteiger partial charge < -0.3 is 10.5 Å². The molecule has 0 amide bonds. The van der Waals surface area contributed by atoms with Crippen molar-refractivity contribution in [3.63, 3.8) is 0 Å². The Hall–Kier alpha value is -0.870. The van der Waals surface area contributed by atoms with E-state index in [4.69, 9.17) is 10.5 Å². The van der Waals surface area contributed by atoms with Gasteiger partial charge in [-0.3, -0.25) is 4.68 Å². The van der Waals surface area contributed by atoms with Crippen LogP contribution in [0.1, 0.15) is 45.0 Å². The zero-order valence-corrected chi connectivity index (χ0v) is 11.5. The number of aryl methyl sites for hydroxylation is 2. The van der Waals surface area contributed by atoms with Gasteiger partial charge in [-0.05, 0) is 32.8 Å². The molecule has 0 bridgehead atoms. The predicted molar refractivity (Wildman–Crippen MR) is 69.8 cm³/mol. The van der Waals surface area contributed by atoms with Crippen molar-refractivity contribution in [3.05, 3.63) is 17.5 Å². The van der Waals surface area contributed by atoms with Crippen LogP contribution in [-0.4, -0.2) is 21.9 Å². The number of nitrogens with two attached hydrogens (primary N) is 1. The number of aromatic nitrogens is 2. The Labute approximate surface area is 104 Å². The molecule has 0 unspecified atom stereocenters. The molecule has 1 aromatic rings. The van der Waals surface area contributed by atoms with Gasteiger partial charge in [0.2, 0.25) is 0 Å². The fraction of sp³-hybridized carbons (Fsp3) is 0.769. The molecule has 4 nitrogen and oxygen atoms in total. The van der Waals surface area contributed by atoms with Gasteiger partial charge in [-0.2, -0.15) is 5.10 Å². The normalized spacial score (nSPS) is 12.1. The molecule has 17 heavy (non-hydrogen) atoms. The van der Waals surface area contributed by atoms with E-state index in [1.54, 1.807) is 0 Å². The van der Waals surface area contributed by atoms with E-state index in [9.17, 15) is 0 Å². The lowest BCUT2D eigenvalue weighted by molar-refractivity contribution is 0.0656. The zero-order chi connectivity index (χ0) is 12.9. The summed E-state index contributed by atoms with van der Waals surface area (Å²) in [7, 11) is 0. The molecule has 2 N–H and O–H groups in total. The second-order valence-corrected chi connectivity index (χ2v) is 4.66. The summed E-state index contributed by atoms with van der Waals surface area (Å²) >= 11 is 0. The molecule has 0 aliphatic rings. The molecule has 0 aliphatic carbocycles. The van der Waals surface area contributed by atoms with Gasteiger partial charge >= 0.3 is 0 Å². The molecule has 0 radical (unpaired) electrons. The lowest BCUT2D eigenvalue weighted by Gasteiger charge is -2.26. The third-order valence-corrected chi connectivity index (χ3v) is 3.33. The molecular weight excluding hydrogens is 214 g/mol. The topological polar surface area (TPSA) is 53.1 Å². The predicted octanol–water partition coefficient (Wildman–Crippen LogP) is 2.25. The first-order valence-electron chi connectivity index (χ1n) is 6.44. The van der Waals surface area contributed by atoms with Crippen LogP contribution in [0, 0.1) is 6.92 Å². The zero-order valence-electron chi connectivity index (χ0n) is 11.5. The van der Waals surface area contributed by atoms with Crippen LogP contribution in [-0.2, 0) is 17.9 Å². The van der Waals surface area contributed by atoms with Gasteiger partial charge in [0, 0.05) is 12.1 Å². The fourth-order valence-electron chi connectivity index (χ4n) is 1.80. The van der Waals surface area contributed by atoms with Crippen molar-refractivity contribution in [1.82, 2.24) is 9.78 Å². The van der Waals surface area contributed by atoms with Crippen molar-refractivity contribution in [2.75, 3.05) is 6.61 Å². The van der Waals surface area contributed by atoms with E-state index in [2.05, 4.69) is 31.9 Å². The van der Waals surface area contributed by atoms with Crippen LogP contribution in [0.4, 0.5) is 0 Å². The number of hydrogen-bond donors (Lipinski definition) is 1. The van der Waals surface area contributed by atoms with Crippen LogP contribution >= 0.6 is 0 Å². The molecule has 0 spiro atoms. The van der Waals surface area contributed by atoms with Crippen LogP contribution in [0.5, 0.6) is 0 Å². The summed E-state index contributed by atoms with van der Waals surface area (Å²) in [4.78, 5) is 0. The van der Waals surface area contributed by atoms with Crippen molar-refractivity contribution in [1.29, 1.82) is 0 Å². The quantitative estimate of drug-likeness (QED) is 0.794. The molecule has 4 heteroatoms. The minimum Gasteiger partial charge on any atom is -0.373 e. The number of ether oxygens (including phenoxy) is 1. The second-order valence-electron chi connectivity index (χ2n) is 4.66. The minimum atomic E-state index is -0.188. The molecular formula is C13H25N3O. The fourth-order valence-corrected chi connectivity index (χ4v) is 1.80. The van der Waals surface area contributed by atoms with Gasteiger partial charge in [-0.15, -0.1) is 0 Å². The summed E-state index contributed by atoms with van der Waals surface area (Å²) in [6.45, 7) is 10.4. The number of hydrogen-bond acceptors (Lipinski definition) is 3. The standard InChI is InChI=1S/C13H25N3O/c1-5-13(14,6-2)10-17-9-12-8-11(4)15-16(12)7-3/h8H,5-7,9-10,14H2,1-4H3. The van der Waals surface area contributed by atoms with Crippen molar-refractivity contribution in [2.45, 2.75) is 59.2 Å². The van der Waals surface area contributed by atoms with E-state index in [1.165, 1.54) is 0 Å². The number of rotatable bonds is 7. The summed E-state index contributed by atoms with van der Waals surface area (Å²) in [5, 5.41) is 4.39. The molecule has 0 atom stereocenters. The van der Waals surface area contributed by atoms with Gasteiger partial charge in [0.05, 0.1) is 24.6 Å². The Morgan fingerprint density at radius 2 is 2.00 bits per heavy atom. The molecule has 0 saturated carbocycles. The second kappa shape index (κ2) is 6.17. The molecule has 98 valence electrons. The summed E-state index contributed by atoms with van der Waals surface area (Å²) in [5.74, 6) is 0. The Morgan fingerprint density at radius 1 is 1.35 bits per heavy atom. The molecule has 0 aliphatic heterocycles. The van der Waals surface area contributed by atoms with E-state index in [0.717, 1.165) is 30.8 Å². The van der Waals surface area contributed by atoms with Crippen molar-refractivity contribution in [2.24, 2.45) is 5.73 Å². The average Bonchev–Trinajstić information content (AvgIpc) is 2.69. The molecule has 0 fully saturated rings. The van der Waals surface area contributed by atoms with Crippen LogP contribution in [0.15, 0.2) is 6.07 Å². The van der Waals surface area contributed by atoms with Gasteiger partial charge in [0.1, 0.15) is 0 Å². The number of nitrogens with zero attached hydrogens (tertiary/aromatic N) is 2. The highest BCUT2D eigenvalue weighted by atomic mass is 16.5. The largest absolute Gasteiger partial charge is 0.373 e. The Morgan fingerprint density at radius 3 is 2.53 bits per heavy atom. The maximum absolute atomic E-state index is 6.19. The summed E-state index contributed by atoms with van der Waals surface area (Å²) in [5.41, 5.74) is 8.16. The smallest absolute Gasteiger partial charge is 0.0885 e. The maximum Gasteiger partial charge on any atom is 0.0885 e. The Bertz CT molecular complexity index is 342. The summed E-state index contributed by atoms with van der Waals surface area (Å²) in [6.07, 6.45) is 1.88. The molecule has 1 aromatic heterocycles. The van der Waals surface area contributed by atoms with E-state index in [1.807, 2.05) is 11.6 Å². The molecule has 1 heterocycles. The van der Waals surface area contributed by atoms with E-state index < -0.39 is 0 Å². The molecule has 1 rings (SSSR count). The van der Waals surface area contributed by atoms with Crippen molar-refractivity contribution in [3.8, 4) is 0 Å². The molecule has 0 aromatic carbocycles. The Balaban J connectivity index is 2.50. The average molecular weight is 239 g/mol. The van der Waals surface area contributed by atoms with Gasteiger partial charge in [-0.25, -0.2) is 0 Å². The summed E-state index contributed by atoms with van der Waals surface area (Å²) in [6, 6.07) is 2.07. The van der Waals surface area contributed by atoms with Crippen LogP contribution in [0.3, 0.4) is 0 Å². The SMILES string of the molecule is CCn1nc(C)cc1COCC(N)(CC)CC. The highest BCUT2D eigenvalue weighted by molar-refractivity contribution is 5.07. The Kier molecular flexibility index (Phi) is 5.15. The highest BCUT2D eigenvalue weighted by Gasteiger charge is 2.20. The molecule has 0 saturated heterocycles. The van der Waals surface area contributed by atoms with E-state index >= 15 is 0 Å². The first-order valence-corrected chi connectivity index (χ1v) is 6.44. The summed E-state index contributed by atoms with van der Waals surface area (Å²) < 4.78 is 7.71. The van der Waals surface area contributed by atoms with E-state index in [-0.39, 0.29) is 5.54 Å². The lowest BCUT2D eigenvalue weighted by atomic mass is 9.96. The van der Waals surface area contributed by atoms with Crippen molar-refractivity contribution < 1.29 is 4.74 Å². The third-order valence-electron chi connectivity index (χ3n) is 3.33. The first-order chi connectivity index (χ1) is 8.04. The highest BCUT2D eigenvalue weighted by Crippen LogP contribution is 2.13. The van der Waals surface area contributed by atoms with Crippen LogP contribution < -0.4 is 5.73 Å². The van der Waals surface area contributed by atoms with E-state index in [0.29, 0.717) is 13.2 Å². The van der Waals surface area contributed by atoms with Gasteiger partial charge in [0.25, 0.3) is 0 Å². The monoisotopic (exact) mass is 239 g/mol. The van der Waals surface area contributed by atoms with Crippen LogP contribution in [0.25, 0.3) is 0 Å². The lowest BCUT2D eigenvalue weighted by Crippen LogP contribution is -2.43. The van der Waals surface area contributed by atoms with Crippen LogP contribution in [0.2, 0.25) is 0 Å². The van der Waals surface area contributed by atoms with Gasteiger partial charge in [-0.1, -0.05) is 13.8 Å². The van der Waals surface area contributed by atoms with Gasteiger partial charge in [0.15, 0.2) is 0 Å².